The number of furan rings is 1. The van der Waals surface area contributed by atoms with Crippen LogP contribution in [0.3, 0.4) is 0 Å². The molecule has 0 aliphatic carbocycles. The highest BCUT2D eigenvalue weighted by atomic mass is 16.4. The van der Waals surface area contributed by atoms with E-state index in [1.165, 1.54) is 19.3 Å². The van der Waals surface area contributed by atoms with E-state index >= 15 is 0 Å². The number of rotatable bonds is 3. The largest absolute Gasteiger partial charge is 0.463 e. The van der Waals surface area contributed by atoms with Crippen LogP contribution in [0.1, 0.15) is 50.2 Å². The molecule has 90 valence electrons. The number of aliphatic hydroxyl groups excluding tert-OH is 1. The van der Waals surface area contributed by atoms with Crippen LogP contribution < -0.4 is 5.32 Å². The van der Waals surface area contributed by atoms with Gasteiger partial charge in [0, 0.05) is 12.5 Å². The predicted octanol–water partition coefficient (Wildman–Crippen LogP) is 2.41. The van der Waals surface area contributed by atoms with E-state index in [-0.39, 0.29) is 6.04 Å². The van der Waals surface area contributed by atoms with Crippen LogP contribution >= 0.6 is 0 Å². The average molecular weight is 223 g/mol. The summed E-state index contributed by atoms with van der Waals surface area (Å²) in [5, 5.41) is 13.6. The minimum atomic E-state index is -0.501. The fourth-order valence-corrected chi connectivity index (χ4v) is 2.27. The molecule has 1 aliphatic rings. The smallest absolute Gasteiger partial charge is 0.134 e. The topological polar surface area (TPSA) is 45.4 Å². The number of hydrogen-bond donors (Lipinski definition) is 2. The maximum absolute atomic E-state index is 10.2. The summed E-state index contributed by atoms with van der Waals surface area (Å²) in [6.45, 7) is 3.06. The lowest BCUT2D eigenvalue weighted by Gasteiger charge is -2.20. The van der Waals surface area contributed by atoms with Gasteiger partial charge in [-0.15, -0.1) is 0 Å². The molecule has 0 radical (unpaired) electrons. The molecule has 2 N–H and O–H groups in total. The molecular weight excluding hydrogens is 202 g/mol. The van der Waals surface area contributed by atoms with Crippen molar-refractivity contribution in [3.63, 3.8) is 0 Å². The number of aliphatic hydroxyl groups is 1. The van der Waals surface area contributed by atoms with E-state index in [0.717, 1.165) is 25.1 Å². The van der Waals surface area contributed by atoms with Crippen molar-refractivity contribution in [2.45, 2.75) is 51.2 Å². The number of aryl methyl sites for hydroxylation is 1. The molecule has 0 bridgehead atoms. The summed E-state index contributed by atoms with van der Waals surface area (Å²) in [6.07, 6.45) is 5.07. The van der Waals surface area contributed by atoms with E-state index in [0.29, 0.717) is 5.76 Å². The molecule has 16 heavy (non-hydrogen) atoms. The lowest BCUT2D eigenvalue weighted by molar-refractivity contribution is 0.102. The molecule has 2 heterocycles. The Morgan fingerprint density at radius 1 is 1.44 bits per heavy atom. The summed E-state index contributed by atoms with van der Waals surface area (Å²) in [7, 11) is 0. The van der Waals surface area contributed by atoms with Gasteiger partial charge < -0.3 is 14.8 Å². The summed E-state index contributed by atoms with van der Waals surface area (Å²) in [5.41, 5.74) is 0. The lowest BCUT2D eigenvalue weighted by atomic mass is 10.0. The zero-order valence-electron chi connectivity index (χ0n) is 9.91. The van der Waals surface area contributed by atoms with E-state index in [2.05, 4.69) is 12.2 Å². The van der Waals surface area contributed by atoms with Crippen LogP contribution in [0, 0.1) is 0 Å². The highest BCUT2D eigenvalue weighted by Gasteiger charge is 2.24. The molecule has 1 aromatic rings. The second kappa shape index (κ2) is 5.51. The fraction of sp³-hybridized carbons (Fsp3) is 0.692. The first-order chi connectivity index (χ1) is 7.81. The van der Waals surface area contributed by atoms with Crippen molar-refractivity contribution in [2.75, 3.05) is 6.54 Å². The monoisotopic (exact) mass is 223 g/mol. The van der Waals surface area contributed by atoms with Gasteiger partial charge in [0.05, 0.1) is 0 Å². The van der Waals surface area contributed by atoms with E-state index in [9.17, 15) is 5.11 Å². The van der Waals surface area contributed by atoms with Crippen molar-refractivity contribution < 1.29 is 9.52 Å². The Balaban J connectivity index is 2.01. The van der Waals surface area contributed by atoms with E-state index in [1.807, 2.05) is 12.1 Å². The fourth-order valence-electron chi connectivity index (χ4n) is 2.27. The first-order valence-electron chi connectivity index (χ1n) is 6.31. The van der Waals surface area contributed by atoms with E-state index < -0.39 is 6.10 Å². The van der Waals surface area contributed by atoms with Crippen molar-refractivity contribution in [1.82, 2.24) is 5.32 Å². The Kier molecular flexibility index (Phi) is 4.02. The Morgan fingerprint density at radius 3 is 3.06 bits per heavy atom. The maximum atomic E-state index is 10.2. The van der Waals surface area contributed by atoms with Crippen LogP contribution in [-0.2, 0) is 6.42 Å². The van der Waals surface area contributed by atoms with Gasteiger partial charge >= 0.3 is 0 Å². The van der Waals surface area contributed by atoms with Crippen LogP contribution in [0.15, 0.2) is 16.5 Å². The SMILES string of the molecule is CCc1ccc(C(O)C2CCCCCN2)o1. The van der Waals surface area contributed by atoms with E-state index in [1.54, 1.807) is 0 Å². The van der Waals surface area contributed by atoms with Crippen LogP contribution in [0.25, 0.3) is 0 Å². The van der Waals surface area contributed by atoms with Crippen molar-refractivity contribution in [2.24, 2.45) is 0 Å². The Bertz CT molecular complexity index is 313. The van der Waals surface area contributed by atoms with Crippen molar-refractivity contribution in [3.05, 3.63) is 23.7 Å². The van der Waals surface area contributed by atoms with Crippen LogP contribution in [0.4, 0.5) is 0 Å². The zero-order chi connectivity index (χ0) is 11.4. The third-order valence-corrected chi connectivity index (χ3v) is 3.30. The molecule has 0 aromatic carbocycles. The highest BCUT2D eigenvalue weighted by Crippen LogP contribution is 2.24. The standard InChI is InChI=1S/C13H21NO2/c1-2-10-7-8-12(16-10)13(15)11-6-4-3-5-9-14-11/h7-8,11,13-15H,2-6,9H2,1H3. The van der Waals surface area contributed by atoms with Gasteiger partial charge in [0.15, 0.2) is 0 Å². The maximum Gasteiger partial charge on any atom is 0.134 e. The van der Waals surface area contributed by atoms with E-state index in [4.69, 9.17) is 4.42 Å². The van der Waals surface area contributed by atoms with Gasteiger partial charge in [0.25, 0.3) is 0 Å². The Morgan fingerprint density at radius 2 is 2.31 bits per heavy atom. The molecule has 0 spiro atoms. The Hall–Kier alpha value is -0.800. The van der Waals surface area contributed by atoms with Gasteiger partial charge in [-0.1, -0.05) is 19.8 Å². The van der Waals surface area contributed by atoms with Gasteiger partial charge in [-0.2, -0.15) is 0 Å². The van der Waals surface area contributed by atoms with Crippen LogP contribution in [-0.4, -0.2) is 17.7 Å². The Labute approximate surface area is 96.8 Å². The first kappa shape index (κ1) is 11.7. The molecule has 2 unspecified atom stereocenters. The molecular formula is C13H21NO2. The molecule has 2 atom stereocenters. The third kappa shape index (κ3) is 2.66. The van der Waals surface area contributed by atoms with Gasteiger partial charge in [-0.25, -0.2) is 0 Å². The van der Waals surface area contributed by atoms with Crippen molar-refractivity contribution in [1.29, 1.82) is 0 Å². The molecule has 1 aliphatic heterocycles. The summed E-state index contributed by atoms with van der Waals surface area (Å²) < 4.78 is 5.60. The molecule has 0 amide bonds. The quantitative estimate of drug-likeness (QED) is 0.827. The average Bonchev–Trinajstić information content (AvgIpc) is 2.62. The predicted molar refractivity (Wildman–Crippen MR) is 63.3 cm³/mol. The minimum absolute atomic E-state index is 0.151. The van der Waals surface area contributed by atoms with Gasteiger partial charge in [-0.3, -0.25) is 0 Å². The summed E-state index contributed by atoms with van der Waals surface area (Å²) in [4.78, 5) is 0. The molecule has 1 aromatic heterocycles. The highest BCUT2D eigenvalue weighted by molar-refractivity contribution is 5.11. The van der Waals surface area contributed by atoms with Crippen molar-refractivity contribution >= 4 is 0 Å². The minimum Gasteiger partial charge on any atom is -0.463 e. The summed E-state index contributed by atoms with van der Waals surface area (Å²) >= 11 is 0. The van der Waals surface area contributed by atoms with Crippen LogP contribution in [0.5, 0.6) is 0 Å². The lowest BCUT2D eigenvalue weighted by Crippen LogP contribution is -2.34. The number of nitrogens with one attached hydrogen (secondary N) is 1. The first-order valence-corrected chi connectivity index (χ1v) is 6.31. The zero-order valence-corrected chi connectivity index (χ0v) is 9.91. The molecule has 3 nitrogen and oxygen atoms in total. The van der Waals surface area contributed by atoms with Gasteiger partial charge in [0.2, 0.25) is 0 Å². The molecule has 0 saturated carbocycles. The van der Waals surface area contributed by atoms with Crippen LogP contribution in [0.2, 0.25) is 0 Å². The molecule has 1 fully saturated rings. The molecule has 2 rings (SSSR count). The van der Waals surface area contributed by atoms with Gasteiger partial charge in [0.1, 0.15) is 17.6 Å². The van der Waals surface area contributed by atoms with Crippen molar-refractivity contribution in [3.8, 4) is 0 Å². The number of hydrogen-bond acceptors (Lipinski definition) is 3. The second-order valence-corrected chi connectivity index (χ2v) is 4.51. The third-order valence-electron chi connectivity index (χ3n) is 3.30. The van der Waals surface area contributed by atoms with Gasteiger partial charge in [-0.05, 0) is 31.5 Å². The molecule has 1 saturated heterocycles. The second-order valence-electron chi connectivity index (χ2n) is 4.51. The summed E-state index contributed by atoms with van der Waals surface area (Å²) in [5.74, 6) is 1.65. The summed E-state index contributed by atoms with van der Waals surface area (Å²) in [6, 6.07) is 4.00. The molecule has 3 heteroatoms. The normalized spacial score (nSPS) is 24.0.